The zero-order valence-corrected chi connectivity index (χ0v) is 13.1. The summed E-state index contributed by atoms with van der Waals surface area (Å²) in [4.78, 5) is 4.56. The molecule has 0 aliphatic carbocycles. The summed E-state index contributed by atoms with van der Waals surface area (Å²) in [5, 5.41) is 12.7. The lowest BCUT2D eigenvalue weighted by Crippen LogP contribution is -1.83. The van der Waals surface area contributed by atoms with Gasteiger partial charge in [-0.25, -0.2) is 4.98 Å². The summed E-state index contributed by atoms with van der Waals surface area (Å²) >= 11 is 7.60. The molecule has 0 unspecified atom stereocenters. The van der Waals surface area contributed by atoms with Crippen LogP contribution in [0.15, 0.2) is 60.0 Å². The van der Waals surface area contributed by atoms with E-state index in [9.17, 15) is 5.26 Å². The highest BCUT2D eigenvalue weighted by Crippen LogP contribution is 2.28. The van der Waals surface area contributed by atoms with Crippen molar-refractivity contribution in [2.24, 2.45) is 0 Å². The molecule has 106 valence electrons. The molecule has 22 heavy (non-hydrogen) atoms. The zero-order chi connectivity index (χ0) is 15.4. The number of nitriles is 1. The van der Waals surface area contributed by atoms with Crippen LogP contribution in [-0.4, -0.2) is 4.98 Å². The molecule has 0 bridgehead atoms. The monoisotopic (exact) mass is 322 g/mol. The fraction of sp³-hybridized carbons (Fsp3) is 0. The lowest BCUT2D eigenvalue weighted by Gasteiger charge is -1.98. The zero-order valence-electron chi connectivity index (χ0n) is 11.5. The highest BCUT2D eigenvalue weighted by atomic mass is 35.5. The molecule has 1 heterocycles. The summed E-state index contributed by atoms with van der Waals surface area (Å²) in [6.07, 6.45) is 1.77. The van der Waals surface area contributed by atoms with Crippen LogP contribution in [0.4, 0.5) is 0 Å². The van der Waals surface area contributed by atoms with Gasteiger partial charge in [0.1, 0.15) is 11.1 Å². The van der Waals surface area contributed by atoms with Gasteiger partial charge in [0.2, 0.25) is 0 Å². The van der Waals surface area contributed by atoms with Crippen LogP contribution in [0.3, 0.4) is 0 Å². The van der Waals surface area contributed by atoms with Crippen LogP contribution >= 0.6 is 22.9 Å². The Morgan fingerprint density at radius 1 is 1.09 bits per heavy atom. The number of hydrogen-bond acceptors (Lipinski definition) is 3. The van der Waals surface area contributed by atoms with Gasteiger partial charge in [-0.2, -0.15) is 5.26 Å². The van der Waals surface area contributed by atoms with Gasteiger partial charge in [-0.1, -0.05) is 60.1 Å². The predicted molar refractivity (Wildman–Crippen MR) is 92.5 cm³/mol. The number of rotatable bonds is 3. The van der Waals surface area contributed by atoms with Gasteiger partial charge in [0.05, 0.1) is 11.3 Å². The average molecular weight is 323 g/mol. The van der Waals surface area contributed by atoms with Crippen LogP contribution in [0.5, 0.6) is 0 Å². The molecule has 0 radical (unpaired) electrons. The lowest BCUT2D eigenvalue weighted by molar-refractivity contribution is 1.37. The number of allylic oxidation sites excluding steroid dienone is 1. The van der Waals surface area contributed by atoms with E-state index < -0.39 is 0 Å². The fourth-order valence-electron chi connectivity index (χ4n) is 2.03. The highest BCUT2D eigenvalue weighted by Gasteiger charge is 2.09. The second-order valence-electron chi connectivity index (χ2n) is 4.60. The average Bonchev–Trinajstić information content (AvgIpc) is 3.05. The van der Waals surface area contributed by atoms with Gasteiger partial charge in [0, 0.05) is 16.0 Å². The summed E-state index contributed by atoms with van der Waals surface area (Å²) in [6, 6.07) is 19.6. The molecule has 2 aromatic carbocycles. The van der Waals surface area contributed by atoms with Gasteiger partial charge in [-0.15, -0.1) is 11.3 Å². The molecule has 0 fully saturated rings. The van der Waals surface area contributed by atoms with Crippen molar-refractivity contribution in [3.05, 3.63) is 75.6 Å². The molecule has 3 rings (SSSR count). The summed E-state index contributed by atoms with van der Waals surface area (Å²) in [7, 11) is 0. The number of thiazole rings is 1. The lowest BCUT2D eigenvalue weighted by atomic mass is 10.1. The van der Waals surface area contributed by atoms with Crippen molar-refractivity contribution in [2.75, 3.05) is 0 Å². The van der Waals surface area contributed by atoms with Crippen molar-refractivity contribution >= 4 is 34.6 Å². The summed E-state index contributed by atoms with van der Waals surface area (Å²) in [6.45, 7) is 0. The number of hydrogen-bond donors (Lipinski definition) is 0. The molecule has 0 aliphatic heterocycles. The van der Waals surface area contributed by atoms with E-state index in [0.717, 1.165) is 16.8 Å². The molecule has 0 amide bonds. The molecule has 3 aromatic rings. The van der Waals surface area contributed by atoms with Crippen molar-refractivity contribution < 1.29 is 0 Å². The standard InChI is InChI=1S/C18H11ClN2S/c19-16-9-5-4-8-14(16)10-15(11-20)18-21-17(12-22-18)13-6-2-1-3-7-13/h1-10,12H/b15-10-. The Hall–Kier alpha value is -2.41. The first-order valence-corrected chi connectivity index (χ1v) is 7.91. The number of nitrogens with zero attached hydrogens (tertiary/aromatic N) is 2. The number of benzene rings is 2. The van der Waals surface area contributed by atoms with Crippen LogP contribution in [0.2, 0.25) is 5.02 Å². The molecule has 0 spiro atoms. The van der Waals surface area contributed by atoms with E-state index in [1.807, 2.05) is 53.9 Å². The fourth-order valence-corrected chi connectivity index (χ4v) is 3.01. The predicted octanol–water partition coefficient (Wildman–Crippen LogP) is 5.53. The van der Waals surface area contributed by atoms with E-state index in [1.54, 1.807) is 12.1 Å². The van der Waals surface area contributed by atoms with E-state index in [0.29, 0.717) is 15.6 Å². The van der Waals surface area contributed by atoms with Crippen molar-refractivity contribution in [3.63, 3.8) is 0 Å². The molecule has 0 atom stereocenters. The molecule has 0 saturated heterocycles. The molecule has 2 nitrogen and oxygen atoms in total. The second kappa shape index (κ2) is 6.57. The minimum Gasteiger partial charge on any atom is -0.235 e. The summed E-state index contributed by atoms with van der Waals surface area (Å²) in [5.41, 5.74) is 3.25. The van der Waals surface area contributed by atoms with E-state index in [2.05, 4.69) is 11.1 Å². The van der Waals surface area contributed by atoms with Crippen molar-refractivity contribution in [3.8, 4) is 17.3 Å². The Bertz CT molecular complexity index is 860. The molecular weight excluding hydrogens is 312 g/mol. The Morgan fingerprint density at radius 3 is 2.55 bits per heavy atom. The smallest absolute Gasteiger partial charge is 0.134 e. The SMILES string of the molecule is N#C/C(=C/c1ccccc1Cl)c1nc(-c2ccccc2)cs1. The first-order chi connectivity index (χ1) is 10.8. The van der Waals surface area contributed by atoms with Gasteiger partial charge in [-0.05, 0) is 17.7 Å². The van der Waals surface area contributed by atoms with Gasteiger partial charge >= 0.3 is 0 Å². The maximum atomic E-state index is 9.42. The normalized spacial score (nSPS) is 11.2. The molecule has 0 saturated carbocycles. The van der Waals surface area contributed by atoms with Crippen molar-refractivity contribution in [1.29, 1.82) is 5.26 Å². The third-order valence-corrected chi connectivity index (χ3v) is 4.35. The second-order valence-corrected chi connectivity index (χ2v) is 5.86. The van der Waals surface area contributed by atoms with Crippen LogP contribution < -0.4 is 0 Å². The van der Waals surface area contributed by atoms with E-state index in [-0.39, 0.29) is 0 Å². The summed E-state index contributed by atoms with van der Waals surface area (Å²) < 4.78 is 0. The van der Waals surface area contributed by atoms with Gasteiger partial charge in [0.15, 0.2) is 0 Å². The maximum absolute atomic E-state index is 9.42. The first kappa shape index (κ1) is 14.5. The topological polar surface area (TPSA) is 36.7 Å². The number of aromatic nitrogens is 1. The number of halogens is 1. The van der Waals surface area contributed by atoms with Gasteiger partial charge in [0.25, 0.3) is 0 Å². The van der Waals surface area contributed by atoms with Gasteiger partial charge < -0.3 is 0 Å². The highest BCUT2D eigenvalue weighted by molar-refractivity contribution is 7.11. The molecule has 0 N–H and O–H groups in total. The van der Waals surface area contributed by atoms with Crippen molar-refractivity contribution in [2.45, 2.75) is 0 Å². The Kier molecular flexibility index (Phi) is 4.34. The minimum atomic E-state index is 0.514. The Balaban J connectivity index is 1.98. The first-order valence-electron chi connectivity index (χ1n) is 6.65. The molecule has 4 heteroatoms. The molecular formula is C18H11ClN2S. The quantitative estimate of drug-likeness (QED) is 0.595. The van der Waals surface area contributed by atoms with Crippen LogP contribution in [0.1, 0.15) is 10.6 Å². The van der Waals surface area contributed by atoms with E-state index in [1.165, 1.54) is 11.3 Å². The van der Waals surface area contributed by atoms with E-state index >= 15 is 0 Å². The third kappa shape index (κ3) is 3.09. The van der Waals surface area contributed by atoms with Gasteiger partial charge in [-0.3, -0.25) is 0 Å². The Morgan fingerprint density at radius 2 is 1.82 bits per heavy atom. The Labute approximate surface area is 138 Å². The third-order valence-electron chi connectivity index (χ3n) is 3.13. The molecule has 0 aliphatic rings. The van der Waals surface area contributed by atoms with Crippen molar-refractivity contribution in [1.82, 2.24) is 4.98 Å². The maximum Gasteiger partial charge on any atom is 0.134 e. The molecule has 1 aromatic heterocycles. The van der Waals surface area contributed by atoms with Crippen LogP contribution in [0.25, 0.3) is 22.9 Å². The van der Waals surface area contributed by atoms with Crippen LogP contribution in [-0.2, 0) is 0 Å². The largest absolute Gasteiger partial charge is 0.235 e. The van der Waals surface area contributed by atoms with Crippen LogP contribution in [0, 0.1) is 11.3 Å². The van der Waals surface area contributed by atoms with E-state index in [4.69, 9.17) is 11.6 Å². The minimum absolute atomic E-state index is 0.514. The summed E-state index contributed by atoms with van der Waals surface area (Å²) in [5.74, 6) is 0.